The Bertz CT molecular complexity index is 616. The van der Waals surface area contributed by atoms with Crippen molar-refractivity contribution in [2.24, 2.45) is 0 Å². The molecule has 1 aliphatic heterocycles. The molecule has 0 aliphatic carbocycles. The number of rotatable bonds is 4. The van der Waals surface area contributed by atoms with Crippen LogP contribution in [0.5, 0.6) is 5.75 Å². The van der Waals surface area contributed by atoms with E-state index in [-0.39, 0.29) is 5.82 Å². The third-order valence-corrected chi connectivity index (χ3v) is 4.05. The number of nitrogens with zero attached hydrogens (tertiary/aromatic N) is 2. The Kier molecular flexibility index (Phi) is 4.13. The Labute approximate surface area is 128 Å². The number of piperidine rings is 1. The van der Waals surface area contributed by atoms with E-state index in [0.29, 0.717) is 25.3 Å². The second-order valence-electron chi connectivity index (χ2n) is 5.94. The molecule has 118 valence electrons. The second kappa shape index (κ2) is 6.06. The summed E-state index contributed by atoms with van der Waals surface area (Å²) < 4.78 is 19.1. The van der Waals surface area contributed by atoms with Gasteiger partial charge < -0.3 is 14.8 Å². The van der Waals surface area contributed by atoms with Crippen LogP contribution in [-0.4, -0.2) is 44.8 Å². The van der Waals surface area contributed by atoms with Crippen LogP contribution < -0.4 is 4.74 Å². The van der Waals surface area contributed by atoms with Crippen LogP contribution in [0.25, 0.3) is 0 Å². The highest BCUT2D eigenvalue weighted by Gasteiger charge is 2.39. The lowest BCUT2D eigenvalue weighted by Gasteiger charge is -2.42. The number of halogens is 1. The SMILES string of the molecule is C[C@]1(O)CCN(Cc2ncc[nH]2)C[C@@H]1Oc1cccc(F)c1. The van der Waals surface area contributed by atoms with Gasteiger partial charge in [-0.3, -0.25) is 4.90 Å². The molecule has 0 spiro atoms. The first kappa shape index (κ1) is 15.0. The molecule has 0 amide bonds. The van der Waals surface area contributed by atoms with Gasteiger partial charge in [-0.15, -0.1) is 0 Å². The van der Waals surface area contributed by atoms with Gasteiger partial charge in [-0.25, -0.2) is 9.37 Å². The van der Waals surface area contributed by atoms with Gasteiger partial charge >= 0.3 is 0 Å². The minimum atomic E-state index is -0.939. The predicted octanol–water partition coefficient (Wildman–Crippen LogP) is 1.95. The number of imidazole rings is 1. The molecule has 2 aromatic rings. The highest BCUT2D eigenvalue weighted by molar-refractivity contribution is 5.23. The first-order valence-electron chi connectivity index (χ1n) is 7.38. The Hall–Kier alpha value is -1.92. The highest BCUT2D eigenvalue weighted by Crippen LogP contribution is 2.27. The molecular weight excluding hydrogens is 285 g/mol. The Morgan fingerprint density at radius 2 is 2.41 bits per heavy atom. The molecule has 1 aliphatic rings. The average molecular weight is 305 g/mol. The molecule has 0 unspecified atom stereocenters. The Balaban J connectivity index is 1.69. The lowest BCUT2D eigenvalue weighted by atomic mass is 9.90. The van der Waals surface area contributed by atoms with Gasteiger partial charge in [-0.2, -0.15) is 0 Å². The smallest absolute Gasteiger partial charge is 0.140 e. The number of aromatic nitrogens is 2. The van der Waals surface area contributed by atoms with Crippen LogP contribution in [-0.2, 0) is 6.54 Å². The van der Waals surface area contributed by atoms with Crippen LogP contribution in [0.3, 0.4) is 0 Å². The number of hydrogen-bond donors (Lipinski definition) is 2. The third kappa shape index (κ3) is 3.45. The number of benzene rings is 1. The van der Waals surface area contributed by atoms with E-state index in [1.165, 1.54) is 12.1 Å². The van der Waals surface area contributed by atoms with E-state index in [0.717, 1.165) is 12.4 Å². The van der Waals surface area contributed by atoms with E-state index in [1.807, 2.05) is 0 Å². The van der Waals surface area contributed by atoms with Crippen LogP contribution in [0.1, 0.15) is 19.2 Å². The molecule has 5 nitrogen and oxygen atoms in total. The molecule has 2 N–H and O–H groups in total. The van der Waals surface area contributed by atoms with Crippen molar-refractivity contribution in [1.82, 2.24) is 14.9 Å². The van der Waals surface area contributed by atoms with Gasteiger partial charge in [0.1, 0.15) is 29.1 Å². The summed E-state index contributed by atoms with van der Waals surface area (Å²) in [5.41, 5.74) is -0.939. The minimum Gasteiger partial charge on any atom is -0.486 e. The van der Waals surface area contributed by atoms with E-state index in [9.17, 15) is 9.50 Å². The summed E-state index contributed by atoms with van der Waals surface area (Å²) in [4.78, 5) is 9.46. The normalized spacial score (nSPS) is 26.0. The summed E-state index contributed by atoms with van der Waals surface area (Å²) in [6.45, 7) is 3.76. The third-order valence-electron chi connectivity index (χ3n) is 4.05. The summed E-state index contributed by atoms with van der Waals surface area (Å²) in [5, 5.41) is 10.5. The monoisotopic (exact) mass is 305 g/mol. The van der Waals surface area contributed by atoms with Crippen LogP contribution in [0.4, 0.5) is 4.39 Å². The summed E-state index contributed by atoms with van der Waals surface area (Å²) >= 11 is 0. The fourth-order valence-corrected chi connectivity index (χ4v) is 2.68. The zero-order valence-electron chi connectivity index (χ0n) is 12.5. The maximum atomic E-state index is 13.3. The topological polar surface area (TPSA) is 61.4 Å². The van der Waals surface area contributed by atoms with E-state index in [4.69, 9.17) is 4.74 Å². The summed E-state index contributed by atoms with van der Waals surface area (Å²) in [6, 6.07) is 6.00. The van der Waals surface area contributed by atoms with Gasteiger partial charge in [-0.1, -0.05) is 6.07 Å². The number of likely N-dealkylation sites (tertiary alicyclic amines) is 1. The maximum absolute atomic E-state index is 13.3. The molecule has 1 fully saturated rings. The van der Waals surface area contributed by atoms with Crippen molar-refractivity contribution in [3.8, 4) is 5.75 Å². The van der Waals surface area contributed by atoms with E-state index >= 15 is 0 Å². The van der Waals surface area contributed by atoms with E-state index in [1.54, 1.807) is 31.5 Å². The van der Waals surface area contributed by atoms with Gasteiger partial charge in [0.25, 0.3) is 0 Å². The number of aromatic amines is 1. The number of ether oxygens (including phenoxy) is 1. The quantitative estimate of drug-likeness (QED) is 0.906. The molecule has 0 radical (unpaired) electrons. The zero-order valence-corrected chi connectivity index (χ0v) is 12.5. The van der Waals surface area contributed by atoms with Crippen molar-refractivity contribution in [2.75, 3.05) is 13.1 Å². The summed E-state index contributed by atoms with van der Waals surface area (Å²) in [7, 11) is 0. The molecule has 0 bridgehead atoms. The van der Waals surface area contributed by atoms with Gasteiger partial charge in [0, 0.05) is 31.5 Å². The van der Waals surface area contributed by atoms with Gasteiger partial charge in [-0.05, 0) is 25.5 Å². The molecule has 22 heavy (non-hydrogen) atoms. The molecule has 2 atom stereocenters. The van der Waals surface area contributed by atoms with Crippen LogP contribution >= 0.6 is 0 Å². The first-order valence-corrected chi connectivity index (χ1v) is 7.38. The lowest BCUT2D eigenvalue weighted by molar-refractivity contribution is -0.0968. The van der Waals surface area contributed by atoms with Crippen molar-refractivity contribution in [2.45, 2.75) is 31.6 Å². The predicted molar refractivity (Wildman–Crippen MR) is 79.9 cm³/mol. The Morgan fingerprint density at radius 1 is 1.55 bits per heavy atom. The van der Waals surface area contributed by atoms with Crippen LogP contribution in [0, 0.1) is 5.82 Å². The van der Waals surface area contributed by atoms with Gasteiger partial charge in [0.2, 0.25) is 0 Å². The molecule has 3 rings (SSSR count). The van der Waals surface area contributed by atoms with Crippen molar-refractivity contribution in [1.29, 1.82) is 0 Å². The number of nitrogens with one attached hydrogen (secondary N) is 1. The largest absolute Gasteiger partial charge is 0.486 e. The molecular formula is C16H20FN3O2. The van der Waals surface area contributed by atoms with E-state index in [2.05, 4.69) is 14.9 Å². The molecule has 0 saturated carbocycles. The lowest BCUT2D eigenvalue weighted by Crippen LogP contribution is -2.56. The van der Waals surface area contributed by atoms with Crippen molar-refractivity contribution in [3.63, 3.8) is 0 Å². The Morgan fingerprint density at radius 3 is 3.14 bits per heavy atom. The van der Waals surface area contributed by atoms with Crippen molar-refractivity contribution < 1.29 is 14.2 Å². The van der Waals surface area contributed by atoms with Crippen molar-refractivity contribution >= 4 is 0 Å². The standard InChI is InChI=1S/C16H20FN3O2/c1-16(21)5-8-20(11-15-18-6-7-19-15)10-14(16)22-13-4-2-3-12(17)9-13/h2-4,6-7,9,14,21H,5,8,10-11H2,1H3,(H,18,19)/t14-,16-/m0/s1. The highest BCUT2D eigenvalue weighted by atomic mass is 19.1. The maximum Gasteiger partial charge on any atom is 0.140 e. The van der Waals surface area contributed by atoms with Crippen molar-refractivity contribution in [3.05, 3.63) is 48.3 Å². The summed E-state index contributed by atoms with van der Waals surface area (Å²) in [6.07, 6.45) is 3.68. The molecule has 1 aromatic carbocycles. The molecule has 6 heteroatoms. The number of H-pyrrole nitrogens is 1. The molecule has 1 aromatic heterocycles. The fraction of sp³-hybridized carbons (Fsp3) is 0.438. The van der Waals surface area contributed by atoms with Crippen LogP contribution in [0.15, 0.2) is 36.7 Å². The zero-order chi connectivity index (χ0) is 15.6. The first-order chi connectivity index (χ1) is 10.5. The fourth-order valence-electron chi connectivity index (χ4n) is 2.68. The van der Waals surface area contributed by atoms with E-state index < -0.39 is 11.7 Å². The second-order valence-corrected chi connectivity index (χ2v) is 5.94. The number of aliphatic hydroxyl groups is 1. The van der Waals surface area contributed by atoms with Crippen LogP contribution in [0.2, 0.25) is 0 Å². The molecule has 2 heterocycles. The van der Waals surface area contributed by atoms with Gasteiger partial charge in [0.05, 0.1) is 6.54 Å². The number of hydrogen-bond acceptors (Lipinski definition) is 4. The van der Waals surface area contributed by atoms with Gasteiger partial charge in [0.15, 0.2) is 0 Å². The summed E-state index contributed by atoms with van der Waals surface area (Å²) in [5.74, 6) is 0.969. The molecule has 1 saturated heterocycles. The minimum absolute atomic E-state index is 0.347. The average Bonchev–Trinajstić information content (AvgIpc) is 2.96.